The minimum Gasteiger partial charge on any atom is -0.309 e. The molecule has 5 nitrogen and oxygen atoms in total. The summed E-state index contributed by atoms with van der Waals surface area (Å²) in [5.41, 5.74) is 1.98. The van der Waals surface area contributed by atoms with E-state index in [1.54, 1.807) is 0 Å². The van der Waals surface area contributed by atoms with Gasteiger partial charge in [0.15, 0.2) is 0 Å². The highest BCUT2D eigenvalue weighted by Crippen LogP contribution is 1.87. The van der Waals surface area contributed by atoms with Gasteiger partial charge in [-0.25, -0.2) is 5.84 Å². The first kappa shape index (κ1) is 5.77. The van der Waals surface area contributed by atoms with Crippen LogP contribution in [-0.2, 0) is 0 Å². The van der Waals surface area contributed by atoms with Crippen LogP contribution in [0.4, 0.5) is 5.82 Å². The van der Waals surface area contributed by atoms with Gasteiger partial charge in [0.25, 0.3) is 5.56 Å². The van der Waals surface area contributed by atoms with Crippen molar-refractivity contribution in [3.63, 3.8) is 0 Å². The second-order valence-electron chi connectivity index (χ2n) is 1.45. The minimum atomic E-state index is -0.273. The molecule has 1 aromatic heterocycles. The number of nitrogens with one attached hydrogen (secondary N) is 2. The highest BCUT2D eigenvalue weighted by atomic mass is 16.1. The van der Waals surface area contributed by atoms with Crippen molar-refractivity contribution in [1.29, 1.82) is 0 Å². The van der Waals surface area contributed by atoms with Crippen molar-refractivity contribution in [2.24, 2.45) is 5.84 Å². The zero-order valence-electron chi connectivity index (χ0n) is 4.59. The average molecular weight is 126 g/mol. The molecule has 0 radical (unpaired) electrons. The fraction of sp³-hybridized carbons (Fsp3) is 0. The van der Waals surface area contributed by atoms with Crippen molar-refractivity contribution in [2.75, 3.05) is 5.43 Å². The highest BCUT2D eigenvalue weighted by Gasteiger charge is 1.85. The normalized spacial score (nSPS) is 9.00. The molecule has 0 unspecified atom stereocenters. The van der Waals surface area contributed by atoms with Gasteiger partial charge >= 0.3 is 0 Å². The Hall–Kier alpha value is -1.36. The molecule has 1 heterocycles. The van der Waals surface area contributed by atoms with Gasteiger partial charge in [-0.1, -0.05) is 0 Å². The van der Waals surface area contributed by atoms with E-state index in [-0.39, 0.29) is 5.56 Å². The second-order valence-corrected chi connectivity index (χ2v) is 1.45. The van der Waals surface area contributed by atoms with Gasteiger partial charge in [-0.05, 0) is 0 Å². The maximum Gasteiger partial charge on any atom is 0.267 e. The van der Waals surface area contributed by atoms with Crippen LogP contribution in [-0.4, -0.2) is 9.97 Å². The predicted octanol–water partition coefficient (Wildman–Crippen LogP) is -0.945. The summed E-state index contributed by atoms with van der Waals surface area (Å²) in [4.78, 5) is 16.4. The Balaban J connectivity index is 3.08. The molecule has 0 saturated carbocycles. The summed E-state index contributed by atoms with van der Waals surface area (Å²) >= 11 is 0. The van der Waals surface area contributed by atoms with Gasteiger partial charge in [0, 0.05) is 0 Å². The van der Waals surface area contributed by atoms with E-state index in [0.29, 0.717) is 5.82 Å². The molecular formula is C4H6N4O. The van der Waals surface area contributed by atoms with E-state index in [0.717, 1.165) is 0 Å². The molecule has 0 amide bonds. The molecule has 9 heavy (non-hydrogen) atoms. The first-order valence-electron chi connectivity index (χ1n) is 2.34. The Morgan fingerprint density at radius 3 is 2.89 bits per heavy atom. The molecule has 0 aliphatic carbocycles. The number of nitrogen functional groups attached to an aromatic ring is 1. The Labute approximate surface area is 50.9 Å². The summed E-state index contributed by atoms with van der Waals surface area (Å²) in [6.07, 6.45) is 2.59. The van der Waals surface area contributed by atoms with Crippen LogP contribution in [0, 0.1) is 0 Å². The number of hydrogen-bond donors (Lipinski definition) is 3. The fourth-order valence-electron chi connectivity index (χ4n) is 0.450. The van der Waals surface area contributed by atoms with Gasteiger partial charge < -0.3 is 10.4 Å². The number of hydrazine groups is 1. The summed E-state index contributed by atoms with van der Waals surface area (Å²) in [5, 5.41) is 0. The van der Waals surface area contributed by atoms with Crippen LogP contribution in [0.2, 0.25) is 0 Å². The summed E-state index contributed by atoms with van der Waals surface area (Å²) in [7, 11) is 0. The molecule has 0 aliphatic rings. The van der Waals surface area contributed by atoms with Crippen molar-refractivity contribution in [2.45, 2.75) is 0 Å². The van der Waals surface area contributed by atoms with Gasteiger partial charge in [-0.2, -0.15) is 0 Å². The van der Waals surface area contributed by atoms with Gasteiger partial charge in [0.1, 0.15) is 5.82 Å². The Morgan fingerprint density at radius 1 is 1.67 bits per heavy atom. The van der Waals surface area contributed by atoms with E-state index in [4.69, 9.17) is 5.84 Å². The lowest BCUT2D eigenvalue weighted by Gasteiger charge is -1.93. The maximum atomic E-state index is 10.4. The van der Waals surface area contributed by atoms with Crippen LogP contribution < -0.4 is 16.8 Å². The zero-order valence-corrected chi connectivity index (χ0v) is 4.59. The molecule has 4 N–H and O–H groups in total. The molecule has 0 saturated heterocycles. The summed E-state index contributed by atoms with van der Waals surface area (Å²) in [6, 6.07) is 0. The topological polar surface area (TPSA) is 83.8 Å². The van der Waals surface area contributed by atoms with Crippen LogP contribution >= 0.6 is 0 Å². The van der Waals surface area contributed by atoms with Crippen molar-refractivity contribution in [3.05, 3.63) is 22.7 Å². The number of aromatic nitrogens is 2. The molecule has 5 heteroatoms. The van der Waals surface area contributed by atoms with Crippen molar-refractivity contribution < 1.29 is 0 Å². The zero-order chi connectivity index (χ0) is 6.69. The molecule has 0 atom stereocenters. The molecule has 0 aliphatic heterocycles. The lowest BCUT2D eigenvalue weighted by Crippen LogP contribution is -2.14. The third kappa shape index (κ3) is 1.26. The van der Waals surface area contributed by atoms with Crippen LogP contribution in [0.5, 0.6) is 0 Å². The number of rotatable bonds is 1. The standard InChI is InChI=1S/C4H6N4O/c5-8-3-1-6-2-4(9)7-3/h1-2H,5H2,(H2,7,8,9). The monoisotopic (exact) mass is 126 g/mol. The SMILES string of the molecule is NNc1cncc(=O)[nH]1. The molecular weight excluding hydrogens is 120 g/mol. The summed E-state index contributed by atoms with van der Waals surface area (Å²) in [6.45, 7) is 0. The predicted molar refractivity (Wildman–Crippen MR) is 32.7 cm³/mol. The fourth-order valence-corrected chi connectivity index (χ4v) is 0.450. The first-order valence-corrected chi connectivity index (χ1v) is 2.34. The highest BCUT2D eigenvalue weighted by molar-refractivity contribution is 5.26. The van der Waals surface area contributed by atoms with Crippen LogP contribution in [0.3, 0.4) is 0 Å². The second kappa shape index (κ2) is 2.27. The lowest BCUT2D eigenvalue weighted by atomic mass is 10.7. The van der Waals surface area contributed by atoms with Gasteiger partial charge in [-0.15, -0.1) is 0 Å². The summed E-state index contributed by atoms with van der Waals surface area (Å²) < 4.78 is 0. The molecule has 48 valence electrons. The number of nitrogens with zero attached hydrogens (tertiary/aromatic N) is 1. The van der Waals surface area contributed by atoms with Gasteiger partial charge in [-0.3, -0.25) is 9.78 Å². The maximum absolute atomic E-state index is 10.4. The third-order valence-electron chi connectivity index (χ3n) is 0.809. The number of H-pyrrole nitrogens is 1. The molecule has 1 rings (SSSR count). The molecule has 1 aromatic rings. The smallest absolute Gasteiger partial charge is 0.267 e. The van der Waals surface area contributed by atoms with E-state index in [2.05, 4.69) is 15.4 Å². The number of aromatic amines is 1. The number of anilines is 1. The Kier molecular flexibility index (Phi) is 1.46. The molecule has 0 fully saturated rings. The van der Waals surface area contributed by atoms with Gasteiger partial charge in [0.05, 0.1) is 12.4 Å². The lowest BCUT2D eigenvalue weighted by molar-refractivity contribution is 1.11. The van der Waals surface area contributed by atoms with E-state index in [9.17, 15) is 4.79 Å². The minimum absolute atomic E-state index is 0.273. The quantitative estimate of drug-likeness (QED) is 0.335. The Morgan fingerprint density at radius 2 is 2.44 bits per heavy atom. The van der Waals surface area contributed by atoms with Crippen LogP contribution in [0.25, 0.3) is 0 Å². The first-order chi connectivity index (χ1) is 4.33. The largest absolute Gasteiger partial charge is 0.309 e. The average Bonchev–Trinajstić information content (AvgIpc) is 1.88. The van der Waals surface area contributed by atoms with E-state index >= 15 is 0 Å². The Bertz CT molecular complexity index is 242. The molecule has 0 bridgehead atoms. The van der Waals surface area contributed by atoms with E-state index in [1.807, 2.05) is 0 Å². The van der Waals surface area contributed by atoms with Gasteiger partial charge in [0.2, 0.25) is 0 Å². The van der Waals surface area contributed by atoms with E-state index in [1.165, 1.54) is 12.4 Å². The number of hydrogen-bond acceptors (Lipinski definition) is 4. The van der Waals surface area contributed by atoms with Crippen molar-refractivity contribution in [3.8, 4) is 0 Å². The van der Waals surface area contributed by atoms with Crippen molar-refractivity contribution >= 4 is 5.82 Å². The van der Waals surface area contributed by atoms with E-state index < -0.39 is 0 Å². The summed E-state index contributed by atoms with van der Waals surface area (Å²) in [5.74, 6) is 5.36. The molecule has 0 spiro atoms. The third-order valence-corrected chi connectivity index (χ3v) is 0.809. The number of nitrogens with two attached hydrogens (primary N) is 1. The van der Waals surface area contributed by atoms with Crippen LogP contribution in [0.1, 0.15) is 0 Å². The van der Waals surface area contributed by atoms with Crippen molar-refractivity contribution in [1.82, 2.24) is 9.97 Å². The molecule has 0 aromatic carbocycles. The van der Waals surface area contributed by atoms with Crippen LogP contribution in [0.15, 0.2) is 17.2 Å².